The highest BCUT2D eigenvalue weighted by Gasteiger charge is 2.03. The van der Waals surface area contributed by atoms with Gasteiger partial charge in [-0.25, -0.2) is 0 Å². The van der Waals surface area contributed by atoms with Crippen molar-refractivity contribution in [1.29, 1.82) is 0 Å². The zero-order valence-corrected chi connectivity index (χ0v) is 12.4. The molecule has 0 saturated heterocycles. The molecule has 2 aromatic carbocycles. The molecule has 3 heteroatoms. The van der Waals surface area contributed by atoms with Crippen LogP contribution >= 0.6 is 0 Å². The third-order valence-electron chi connectivity index (χ3n) is 3.50. The van der Waals surface area contributed by atoms with Crippen molar-refractivity contribution in [2.45, 2.75) is 20.4 Å². The molecule has 0 saturated carbocycles. The summed E-state index contributed by atoms with van der Waals surface area (Å²) in [4.78, 5) is 0. The average Bonchev–Trinajstić information content (AvgIpc) is 2.87. The highest BCUT2D eigenvalue weighted by molar-refractivity contribution is 5.64. The van der Waals surface area contributed by atoms with E-state index < -0.39 is 0 Å². The molecule has 0 spiro atoms. The number of aryl methyl sites for hydroxylation is 2. The monoisotopic (exact) mass is 277 g/mol. The van der Waals surface area contributed by atoms with E-state index >= 15 is 0 Å². The Bertz CT molecular complexity index is 734. The van der Waals surface area contributed by atoms with Gasteiger partial charge in [-0.1, -0.05) is 41.5 Å². The third-order valence-corrected chi connectivity index (χ3v) is 3.50. The van der Waals surface area contributed by atoms with Crippen LogP contribution in [0, 0.1) is 13.8 Å². The molecule has 0 aliphatic rings. The van der Waals surface area contributed by atoms with Crippen molar-refractivity contribution in [1.82, 2.24) is 9.78 Å². The molecular formula is C18H19N3. The maximum absolute atomic E-state index is 5.72. The Morgan fingerprint density at radius 1 is 0.952 bits per heavy atom. The van der Waals surface area contributed by atoms with Crippen molar-refractivity contribution in [2.24, 2.45) is 0 Å². The van der Waals surface area contributed by atoms with Crippen LogP contribution in [0.1, 0.15) is 16.7 Å². The molecule has 0 radical (unpaired) electrons. The topological polar surface area (TPSA) is 43.8 Å². The second-order valence-electron chi connectivity index (χ2n) is 5.54. The van der Waals surface area contributed by atoms with Gasteiger partial charge in [0.1, 0.15) is 0 Å². The van der Waals surface area contributed by atoms with E-state index in [0.717, 1.165) is 23.4 Å². The highest BCUT2D eigenvalue weighted by atomic mass is 15.3. The smallest absolute Gasteiger partial charge is 0.0659 e. The standard InChI is InChI=1S/C18H19N3/c1-13-7-14(2)9-15(8-13)11-21-12-17(10-20-21)16-3-5-18(19)6-4-16/h3-10,12H,11,19H2,1-2H3. The number of hydrogen-bond acceptors (Lipinski definition) is 2. The van der Waals surface area contributed by atoms with Crippen LogP contribution in [0.15, 0.2) is 54.9 Å². The predicted molar refractivity (Wildman–Crippen MR) is 87.1 cm³/mol. The summed E-state index contributed by atoms with van der Waals surface area (Å²) in [5, 5.41) is 4.46. The Morgan fingerprint density at radius 3 is 2.29 bits per heavy atom. The first kappa shape index (κ1) is 13.4. The molecule has 0 atom stereocenters. The lowest BCUT2D eigenvalue weighted by Crippen LogP contribution is -2.00. The van der Waals surface area contributed by atoms with Gasteiger partial charge < -0.3 is 5.73 Å². The third kappa shape index (κ3) is 3.14. The van der Waals surface area contributed by atoms with Crippen LogP contribution in [0.2, 0.25) is 0 Å². The van der Waals surface area contributed by atoms with Gasteiger partial charge in [0.25, 0.3) is 0 Å². The molecular weight excluding hydrogens is 258 g/mol. The van der Waals surface area contributed by atoms with Gasteiger partial charge >= 0.3 is 0 Å². The van der Waals surface area contributed by atoms with E-state index in [9.17, 15) is 0 Å². The summed E-state index contributed by atoms with van der Waals surface area (Å²) in [7, 11) is 0. The summed E-state index contributed by atoms with van der Waals surface area (Å²) in [5.74, 6) is 0. The molecule has 0 fully saturated rings. The molecule has 106 valence electrons. The molecule has 1 heterocycles. The molecule has 0 bridgehead atoms. The van der Waals surface area contributed by atoms with E-state index in [4.69, 9.17) is 5.73 Å². The second-order valence-corrected chi connectivity index (χ2v) is 5.54. The van der Waals surface area contributed by atoms with E-state index in [-0.39, 0.29) is 0 Å². The maximum Gasteiger partial charge on any atom is 0.0659 e. The Labute approximate surface area is 125 Å². The van der Waals surface area contributed by atoms with Crippen LogP contribution in [0.3, 0.4) is 0 Å². The number of benzene rings is 2. The average molecular weight is 277 g/mol. The van der Waals surface area contributed by atoms with Crippen LogP contribution in [0.5, 0.6) is 0 Å². The van der Waals surface area contributed by atoms with Crippen LogP contribution in [-0.4, -0.2) is 9.78 Å². The number of nitrogens with zero attached hydrogens (tertiary/aromatic N) is 2. The van der Waals surface area contributed by atoms with Gasteiger partial charge in [0.15, 0.2) is 0 Å². The predicted octanol–water partition coefficient (Wildman–Crippen LogP) is 3.80. The van der Waals surface area contributed by atoms with E-state index in [1.807, 2.05) is 35.1 Å². The quantitative estimate of drug-likeness (QED) is 0.740. The normalized spacial score (nSPS) is 10.8. The van der Waals surface area contributed by atoms with Gasteiger partial charge in [0.2, 0.25) is 0 Å². The SMILES string of the molecule is Cc1cc(C)cc(Cn2cc(-c3ccc(N)cc3)cn2)c1. The van der Waals surface area contributed by atoms with Gasteiger partial charge in [0.05, 0.1) is 12.7 Å². The van der Waals surface area contributed by atoms with Crippen LogP contribution in [-0.2, 0) is 6.54 Å². The fourth-order valence-corrected chi connectivity index (χ4v) is 2.62. The Kier molecular flexibility index (Phi) is 3.48. The van der Waals surface area contributed by atoms with Crippen LogP contribution in [0.25, 0.3) is 11.1 Å². The minimum absolute atomic E-state index is 0.779. The number of nitrogens with two attached hydrogens (primary N) is 1. The Hall–Kier alpha value is -2.55. The molecule has 1 aromatic heterocycles. The van der Waals surface area contributed by atoms with E-state index in [1.165, 1.54) is 16.7 Å². The van der Waals surface area contributed by atoms with Crippen molar-refractivity contribution in [3.8, 4) is 11.1 Å². The molecule has 0 amide bonds. The van der Waals surface area contributed by atoms with Crippen molar-refractivity contribution in [2.75, 3.05) is 5.73 Å². The maximum atomic E-state index is 5.72. The zero-order valence-electron chi connectivity index (χ0n) is 12.4. The van der Waals surface area contributed by atoms with Crippen molar-refractivity contribution >= 4 is 5.69 Å². The summed E-state index contributed by atoms with van der Waals surface area (Å²) in [5.41, 5.74) is 12.6. The molecule has 3 aromatic rings. The van der Waals surface area contributed by atoms with Gasteiger partial charge in [0, 0.05) is 17.4 Å². The molecule has 3 rings (SSSR count). The lowest BCUT2D eigenvalue weighted by Gasteiger charge is -2.05. The lowest BCUT2D eigenvalue weighted by atomic mass is 10.1. The van der Waals surface area contributed by atoms with Crippen LogP contribution in [0.4, 0.5) is 5.69 Å². The summed E-state index contributed by atoms with van der Waals surface area (Å²) in [6.07, 6.45) is 3.97. The van der Waals surface area contributed by atoms with Crippen molar-refractivity contribution < 1.29 is 0 Å². The van der Waals surface area contributed by atoms with Gasteiger partial charge in [-0.15, -0.1) is 0 Å². The molecule has 0 unspecified atom stereocenters. The summed E-state index contributed by atoms with van der Waals surface area (Å²) >= 11 is 0. The number of aromatic nitrogens is 2. The lowest BCUT2D eigenvalue weighted by molar-refractivity contribution is 0.686. The number of rotatable bonds is 3. The molecule has 0 aliphatic heterocycles. The number of anilines is 1. The minimum Gasteiger partial charge on any atom is -0.399 e. The first-order valence-electron chi connectivity index (χ1n) is 7.06. The van der Waals surface area contributed by atoms with Gasteiger partial charge in [-0.05, 0) is 37.1 Å². The molecule has 21 heavy (non-hydrogen) atoms. The number of nitrogen functional groups attached to an aromatic ring is 1. The first-order chi connectivity index (χ1) is 10.1. The fourth-order valence-electron chi connectivity index (χ4n) is 2.62. The molecule has 3 nitrogen and oxygen atoms in total. The molecule has 2 N–H and O–H groups in total. The second kappa shape index (κ2) is 5.44. The van der Waals surface area contributed by atoms with Crippen molar-refractivity contribution in [3.63, 3.8) is 0 Å². The number of hydrogen-bond donors (Lipinski definition) is 1. The summed E-state index contributed by atoms with van der Waals surface area (Å²) < 4.78 is 1.97. The highest BCUT2D eigenvalue weighted by Crippen LogP contribution is 2.20. The minimum atomic E-state index is 0.779. The van der Waals surface area contributed by atoms with Crippen molar-refractivity contribution in [3.05, 3.63) is 71.5 Å². The van der Waals surface area contributed by atoms with Crippen LogP contribution < -0.4 is 5.73 Å². The van der Waals surface area contributed by atoms with E-state index in [2.05, 4.69) is 43.3 Å². The Balaban J connectivity index is 1.83. The summed E-state index contributed by atoms with van der Waals surface area (Å²) in [6, 6.07) is 14.5. The van der Waals surface area contributed by atoms with E-state index in [1.54, 1.807) is 0 Å². The summed E-state index contributed by atoms with van der Waals surface area (Å²) in [6.45, 7) is 5.04. The molecule has 0 aliphatic carbocycles. The van der Waals surface area contributed by atoms with E-state index in [0.29, 0.717) is 0 Å². The fraction of sp³-hybridized carbons (Fsp3) is 0.167. The zero-order chi connectivity index (χ0) is 14.8. The van der Waals surface area contributed by atoms with Gasteiger partial charge in [-0.3, -0.25) is 4.68 Å². The Morgan fingerprint density at radius 2 is 1.62 bits per heavy atom. The largest absolute Gasteiger partial charge is 0.399 e. The first-order valence-corrected chi connectivity index (χ1v) is 7.06. The van der Waals surface area contributed by atoms with Gasteiger partial charge in [-0.2, -0.15) is 5.10 Å².